The van der Waals surface area contributed by atoms with Gasteiger partial charge in [-0.25, -0.2) is 4.39 Å². The fraction of sp³-hybridized carbons (Fsp3) is 0.217. The molecule has 2 aromatic carbocycles. The highest BCUT2D eigenvalue weighted by Gasteiger charge is 2.20. The zero-order chi connectivity index (χ0) is 20.2. The summed E-state index contributed by atoms with van der Waals surface area (Å²) >= 11 is 0. The molecule has 0 saturated carbocycles. The van der Waals surface area contributed by atoms with E-state index >= 15 is 0 Å². The summed E-state index contributed by atoms with van der Waals surface area (Å²) in [7, 11) is 0. The first kappa shape index (κ1) is 19.1. The Kier molecular flexibility index (Phi) is 5.53. The van der Waals surface area contributed by atoms with E-state index in [2.05, 4.69) is 22.8 Å². The number of carbonyl (C=O) groups is 1. The Balaban J connectivity index is 1.40. The molecule has 2 N–H and O–H groups in total. The van der Waals surface area contributed by atoms with Crippen molar-refractivity contribution in [2.45, 2.75) is 32.0 Å². The molecule has 1 aliphatic heterocycles. The van der Waals surface area contributed by atoms with Gasteiger partial charge in [0.05, 0.1) is 12.2 Å². The first-order valence-corrected chi connectivity index (χ1v) is 9.62. The second-order valence-electron chi connectivity index (χ2n) is 7.32. The molecule has 148 valence electrons. The normalized spacial score (nSPS) is 15.6. The van der Waals surface area contributed by atoms with Gasteiger partial charge in [0.25, 0.3) is 5.56 Å². The fourth-order valence-corrected chi connectivity index (χ4v) is 3.66. The maximum Gasteiger partial charge on any atom is 0.250 e. The van der Waals surface area contributed by atoms with Crippen molar-refractivity contribution in [2.75, 3.05) is 5.32 Å². The van der Waals surface area contributed by atoms with Crippen LogP contribution >= 0.6 is 0 Å². The minimum Gasteiger partial charge on any atom is -0.325 e. The van der Waals surface area contributed by atoms with Crippen molar-refractivity contribution in [3.63, 3.8) is 0 Å². The van der Waals surface area contributed by atoms with Crippen LogP contribution in [0.2, 0.25) is 0 Å². The summed E-state index contributed by atoms with van der Waals surface area (Å²) in [5.41, 5.74) is 3.56. The van der Waals surface area contributed by atoms with E-state index in [0.29, 0.717) is 17.7 Å². The van der Waals surface area contributed by atoms with Gasteiger partial charge in [0.2, 0.25) is 5.91 Å². The molecule has 0 aliphatic carbocycles. The van der Waals surface area contributed by atoms with Gasteiger partial charge in [-0.05, 0) is 41.3 Å². The first-order chi connectivity index (χ1) is 14.1. The number of carbonyl (C=O) groups excluding carboxylic acids is 1. The van der Waals surface area contributed by atoms with Crippen LogP contribution in [0.25, 0.3) is 0 Å². The van der Waals surface area contributed by atoms with E-state index in [-0.39, 0.29) is 29.9 Å². The summed E-state index contributed by atoms with van der Waals surface area (Å²) in [6.07, 6.45) is 2.74. The number of nitrogens with one attached hydrogen (secondary N) is 2. The maximum absolute atomic E-state index is 13.4. The molecule has 0 spiro atoms. The summed E-state index contributed by atoms with van der Waals surface area (Å²) in [5.74, 6) is -0.459. The van der Waals surface area contributed by atoms with Crippen LogP contribution in [0, 0.1) is 5.82 Å². The summed E-state index contributed by atoms with van der Waals surface area (Å²) in [6, 6.07) is 17.4. The minimum atomic E-state index is -0.346. The van der Waals surface area contributed by atoms with E-state index in [1.54, 1.807) is 24.4 Å². The maximum atomic E-state index is 13.4. The Morgan fingerprint density at radius 3 is 2.76 bits per heavy atom. The van der Waals surface area contributed by atoms with Gasteiger partial charge in [-0.2, -0.15) is 0 Å². The van der Waals surface area contributed by atoms with E-state index < -0.39 is 0 Å². The summed E-state index contributed by atoms with van der Waals surface area (Å²) in [5, 5.41) is 6.26. The van der Waals surface area contributed by atoms with E-state index in [4.69, 9.17) is 0 Å². The topological polar surface area (TPSA) is 63.1 Å². The number of nitrogens with zero attached hydrogens (tertiary/aromatic N) is 1. The monoisotopic (exact) mass is 391 g/mol. The van der Waals surface area contributed by atoms with Gasteiger partial charge < -0.3 is 15.2 Å². The second kappa shape index (κ2) is 8.41. The summed E-state index contributed by atoms with van der Waals surface area (Å²) in [6.45, 7) is 0.994. The number of aromatic nitrogens is 1. The first-order valence-electron chi connectivity index (χ1n) is 9.62. The molecule has 3 aromatic rings. The third-order valence-electron chi connectivity index (χ3n) is 5.11. The predicted octanol–water partition coefficient (Wildman–Crippen LogP) is 3.08. The molecule has 0 unspecified atom stereocenters. The average molecular weight is 391 g/mol. The predicted molar refractivity (Wildman–Crippen MR) is 110 cm³/mol. The zero-order valence-corrected chi connectivity index (χ0v) is 15.9. The van der Waals surface area contributed by atoms with Crippen molar-refractivity contribution in [1.82, 2.24) is 9.88 Å². The zero-order valence-electron chi connectivity index (χ0n) is 15.9. The van der Waals surface area contributed by atoms with Gasteiger partial charge in [0, 0.05) is 31.3 Å². The highest BCUT2D eigenvalue weighted by atomic mass is 19.1. The lowest BCUT2D eigenvalue weighted by Crippen LogP contribution is -2.38. The molecular formula is C23H22FN3O2. The fourth-order valence-electron chi connectivity index (χ4n) is 3.66. The molecule has 1 amide bonds. The van der Waals surface area contributed by atoms with Crippen molar-refractivity contribution in [3.8, 4) is 0 Å². The number of amides is 1. The van der Waals surface area contributed by atoms with Gasteiger partial charge in [-0.3, -0.25) is 9.59 Å². The lowest BCUT2D eigenvalue weighted by Gasteiger charge is -2.25. The Morgan fingerprint density at radius 1 is 1.10 bits per heavy atom. The Labute approximate surface area is 168 Å². The van der Waals surface area contributed by atoms with Crippen molar-refractivity contribution in [3.05, 3.63) is 99.7 Å². The third-order valence-corrected chi connectivity index (χ3v) is 5.11. The molecule has 0 fully saturated rings. The Morgan fingerprint density at radius 2 is 1.93 bits per heavy atom. The van der Waals surface area contributed by atoms with E-state index in [0.717, 1.165) is 13.0 Å². The van der Waals surface area contributed by atoms with Crippen LogP contribution in [-0.2, 0) is 24.3 Å². The van der Waals surface area contributed by atoms with Gasteiger partial charge in [-0.1, -0.05) is 36.4 Å². The molecule has 5 nitrogen and oxygen atoms in total. The number of hydrogen-bond acceptors (Lipinski definition) is 3. The average Bonchev–Trinajstić information content (AvgIpc) is 2.70. The quantitative estimate of drug-likeness (QED) is 0.703. The van der Waals surface area contributed by atoms with Crippen LogP contribution in [0.15, 0.2) is 71.7 Å². The number of pyridine rings is 1. The summed E-state index contributed by atoms with van der Waals surface area (Å²) < 4.78 is 14.8. The van der Waals surface area contributed by atoms with Crippen molar-refractivity contribution in [1.29, 1.82) is 0 Å². The lowest BCUT2D eigenvalue weighted by molar-refractivity contribution is -0.116. The van der Waals surface area contributed by atoms with E-state index in [9.17, 15) is 14.0 Å². The van der Waals surface area contributed by atoms with Crippen LogP contribution in [0.5, 0.6) is 0 Å². The molecule has 1 aliphatic rings. The standard InChI is InChI=1S/C23H22FN3O2/c24-19-7-3-4-16(10-19)14-27-15-20(8-9-23(27)29)26-22(28)12-21-11-17-5-1-2-6-18(17)13-25-21/h1-10,15,21,25H,11-14H2,(H,26,28)/t21-/m0/s1. The summed E-state index contributed by atoms with van der Waals surface area (Å²) in [4.78, 5) is 24.6. The molecular weight excluding hydrogens is 369 g/mol. The number of halogens is 1. The van der Waals surface area contributed by atoms with Gasteiger partial charge in [0.1, 0.15) is 5.82 Å². The molecule has 4 rings (SSSR count). The smallest absolute Gasteiger partial charge is 0.250 e. The second-order valence-corrected chi connectivity index (χ2v) is 7.32. The number of anilines is 1. The molecule has 0 bridgehead atoms. The number of fused-ring (bicyclic) bond motifs is 1. The Hall–Kier alpha value is -3.25. The SMILES string of the molecule is O=C(C[C@@H]1Cc2ccccc2CN1)Nc1ccc(=O)n(Cc2cccc(F)c2)c1. The van der Waals surface area contributed by atoms with Crippen LogP contribution in [0.1, 0.15) is 23.1 Å². The van der Waals surface area contributed by atoms with Crippen molar-refractivity contribution in [2.24, 2.45) is 0 Å². The molecule has 6 heteroatoms. The highest BCUT2D eigenvalue weighted by molar-refractivity contribution is 5.90. The van der Waals surface area contributed by atoms with Crippen molar-refractivity contribution < 1.29 is 9.18 Å². The van der Waals surface area contributed by atoms with Crippen LogP contribution in [0.4, 0.5) is 10.1 Å². The van der Waals surface area contributed by atoms with Gasteiger partial charge in [-0.15, -0.1) is 0 Å². The highest BCUT2D eigenvalue weighted by Crippen LogP contribution is 2.18. The number of hydrogen-bond donors (Lipinski definition) is 2. The molecule has 0 saturated heterocycles. The van der Waals surface area contributed by atoms with Crippen molar-refractivity contribution >= 4 is 11.6 Å². The number of rotatable bonds is 5. The lowest BCUT2D eigenvalue weighted by atomic mass is 9.94. The number of benzene rings is 2. The minimum absolute atomic E-state index is 0.0723. The molecule has 0 radical (unpaired) electrons. The van der Waals surface area contributed by atoms with Crippen LogP contribution in [-0.4, -0.2) is 16.5 Å². The van der Waals surface area contributed by atoms with E-state index in [1.807, 2.05) is 12.1 Å². The molecule has 2 heterocycles. The van der Waals surface area contributed by atoms with Crippen LogP contribution in [0.3, 0.4) is 0 Å². The van der Waals surface area contributed by atoms with Gasteiger partial charge in [0.15, 0.2) is 0 Å². The third kappa shape index (κ3) is 4.78. The molecule has 29 heavy (non-hydrogen) atoms. The Bertz CT molecular complexity index is 1090. The van der Waals surface area contributed by atoms with Gasteiger partial charge >= 0.3 is 0 Å². The largest absolute Gasteiger partial charge is 0.325 e. The van der Waals surface area contributed by atoms with Crippen LogP contribution < -0.4 is 16.2 Å². The molecule has 1 atom stereocenters. The molecule has 1 aromatic heterocycles. The van der Waals surface area contributed by atoms with E-state index in [1.165, 1.54) is 33.9 Å².